The molecule has 0 unspecified atom stereocenters. The minimum atomic E-state index is -0.995. The minimum absolute atomic E-state index is 0.176. The van der Waals surface area contributed by atoms with Crippen molar-refractivity contribution in [1.82, 2.24) is 0 Å². The third-order valence-electron chi connectivity index (χ3n) is 4.82. The molecular formula is C23H30O4. The maximum absolute atomic E-state index is 12.0. The highest BCUT2D eigenvalue weighted by Crippen LogP contribution is 2.25. The fraction of sp³-hybridized carbons (Fsp3) is 0.478. The van der Waals surface area contributed by atoms with Gasteiger partial charge >= 0.3 is 11.9 Å². The van der Waals surface area contributed by atoms with Crippen molar-refractivity contribution in [3.05, 3.63) is 53.1 Å². The van der Waals surface area contributed by atoms with Crippen LogP contribution in [0.4, 0.5) is 0 Å². The predicted molar refractivity (Wildman–Crippen MR) is 107 cm³/mol. The molecule has 1 N–H and O–H groups in total. The Morgan fingerprint density at radius 1 is 1.00 bits per heavy atom. The van der Waals surface area contributed by atoms with E-state index in [1.807, 2.05) is 0 Å². The zero-order valence-corrected chi connectivity index (χ0v) is 16.2. The zero-order chi connectivity index (χ0) is 19.5. The van der Waals surface area contributed by atoms with E-state index in [1.165, 1.54) is 73.9 Å². The fourth-order valence-corrected chi connectivity index (χ4v) is 3.21. The first-order valence-electron chi connectivity index (χ1n) is 10.0. The summed E-state index contributed by atoms with van der Waals surface area (Å²) in [5.41, 5.74) is 2.86. The average molecular weight is 370 g/mol. The molecule has 0 radical (unpaired) electrons. The average Bonchev–Trinajstić information content (AvgIpc) is 3.11. The number of hydrogen-bond donors (Lipinski definition) is 1. The monoisotopic (exact) mass is 370 g/mol. The van der Waals surface area contributed by atoms with E-state index in [1.54, 1.807) is 0 Å². The van der Waals surface area contributed by atoms with Crippen molar-refractivity contribution in [2.75, 3.05) is 0 Å². The Morgan fingerprint density at radius 3 is 2.41 bits per heavy atom. The number of esters is 1. The van der Waals surface area contributed by atoms with Gasteiger partial charge in [0.05, 0.1) is 5.56 Å². The van der Waals surface area contributed by atoms with Gasteiger partial charge < -0.3 is 9.84 Å². The maximum Gasteiger partial charge on any atom is 0.335 e. The Balaban J connectivity index is 1.64. The van der Waals surface area contributed by atoms with E-state index < -0.39 is 5.97 Å². The highest BCUT2D eigenvalue weighted by molar-refractivity contribution is 5.87. The summed E-state index contributed by atoms with van der Waals surface area (Å²) in [6, 6.07) is 5.89. The van der Waals surface area contributed by atoms with Crippen LogP contribution in [0.15, 0.2) is 47.6 Å². The summed E-state index contributed by atoms with van der Waals surface area (Å²) in [4.78, 5) is 22.8. The van der Waals surface area contributed by atoms with Crippen LogP contribution in [0.25, 0.3) is 0 Å². The van der Waals surface area contributed by atoms with Crippen molar-refractivity contribution in [3.8, 4) is 5.75 Å². The standard InChI is InChI=1S/C23H30O4/c1-2-3-4-5-6-7-8-18-9-10-19(17-18)11-16-22(24)27-21-14-12-20(13-15-21)23(25)26/h9,12-15,17H,2-8,10-11,16H2,1H3,(H,25,26). The van der Waals surface area contributed by atoms with Crippen LogP contribution in [-0.4, -0.2) is 17.0 Å². The van der Waals surface area contributed by atoms with Crippen molar-refractivity contribution in [1.29, 1.82) is 0 Å². The summed E-state index contributed by atoms with van der Waals surface area (Å²) in [6.45, 7) is 2.24. The van der Waals surface area contributed by atoms with Gasteiger partial charge in [-0.05, 0) is 49.9 Å². The molecule has 4 heteroatoms. The molecule has 0 aromatic heterocycles. The predicted octanol–water partition coefficient (Wildman–Crippen LogP) is 6.08. The van der Waals surface area contributed by atoms with E-state index in [9.17, 15) is 9.59 Å². The van der Waals surface area contributed by atoms with E-state index in [-0.39, 0.29) is 11.5 Å². The third-order valence-corrected chi connectivity index (χ3v) is 4.82. The Hall–Kier alpha value is -2.36. The number of benzene rings is 1. The number of carboxylic acids is 1. The Morgan fingerprint density at radius 2 is 1.70 bits per heavy atom. The van der Waals surface area contributed by atoms with Gasteiger partial charge in [0.2, 0.25) is 0 Å². The fourth-order valence-electron chi connectivity index (χ4n) is 3.21. The number of carboxylic acid groups (broad SMARTS) is 1. The van der Waals surface area contributed by atoms with E-state index in [4.69, 9.17) is 9.84 Å². The van der Waals surface area contributed by atoms with Gasteiger partial charge in [0.1, 0.15) is 5.75 Å². The smallest absolute Gasteiger partial charge is 0.335 e. The Kier molecular flexibility index (Phi) is 8.82. The second-order valence-corrected chi connectivity index (χ2v) is 7.11. The first-order chi connectivity index (χ1) is 13.1. The molecular weight excluding hydrogens is 340 g/mol. The second-order valence-electron chi connectivity index (χ2n) is 7.11. The van der Waals surface area contributed by atoms with Crippen LogP contribution in [0.3, 0.4) is 0 Å². The molecule has 146 valence electrons. The lowest BCUT2D eigenvalue weighted by Crippen LogP contribution is -2.08. The van der Waals surface area contributed by atoms with Crippen LogP contribution in [-0.2, 0) is 4.79 Å². The van der Waals surface area contributed by atoms with Crippen LogP contribution in [0.1, 0.15) is 81.5 Å². The number of ether oxygens (including phenoxy) is 1. The van der Waals surface area contributed by atoms with E-state index in [0.717, 1.165) is 12.8 Å². The Labute approximate surface area is 161 Å². The molecule has 1 aliphatic carbocycles. The normalized spacial score (nSPS) is 13.2. The minimum Gasteiger partial charge on any atom is -0.478 e. The number of allylic oxidation sites excluding steroid dienone is 4. The molecule has 0 saturated heterocycles. The van der Waals surface area contributed by atoms with Crippen LogP contribution >= 0.6 is 0 Å². The van der Waals surface area contributed by atoms with Crippen molar-refractivity contribution >= 4 is 11.9 Å². The van der Waals surface area contributed by atoms with Gasteiger partial charge in [0.25, 0.3) is 0 Å². The quantitative estimate of drug-likeness (QED) is 0.275. The molecule has 0 aliphatic heterocycles. The summed E-state index contributed by atoms with van der Waals surface area (Å²) >= 11 is 0. The van der Waals surface area contributed by atoms with E-state index >= 15 is 0 Å². The largest absolute Gasteiger partial charge is 0.478 e. The van der Waals surface area contributed by atoms with Crippen molar-refractivity contribution < 1.29 is 19.4 Å². The number of aromatic carboxylic acids is 1. The van der Waals surface area contributed by atoms with Crippen molar-refractivity contribution in [3.63, 3.8) is 0 Å². The third kappa shape index (κ3) is 7.81. The van der Waals surface area contributed by atoms with E-state index in [0.29, 0.717) is 18.6 Å². The van der Waals surface area contributed by atoms with Crippen LogP contribution in [0.5, 0.6) is 5.75 Å². The molecule has 1 aliphatic rings. The molecule has 0 saturated carbocycles. The summed E-state index contributed by atoms with van der Waals surface area (Å²) in [5, 5.41) is 8.87. The molecule has 4 nitrogen and oxygen atoms in total. The molecule has 0 bridgehead atoms. The molecule has 0 atom stereocenters. The molecule has 0 heterocycles. The molecule has 0 fully saturated rings. The van der Waals surface area contributed by atoms with Crippen LogP contribution < -0.4 is 4.74 Å². The molecule has 27 heavy (non-hydrogen) atoms. The first kappa shape index (κ1) is 20.9. The number of hydrogen-bond acceptors (Lipinski definition) is 3. The SMILES string of the molecule is CCCCCCCCC1=CCC(CCC(=O)Oc2ccc(C(=O)O)cc2)=C1. The van der Waals surface area contributed by atoms with Gasteiger partial charge in [-0.25, -0.2) is 4.79 Å². The highest BCUT2D eigenvalue weighted by Gasteiger charge is 2.11. The lowest BCUT2D eigenvalue weighted by atomic mass is 10.1. The number of carbonyl (C=O) groups excluding carboxylic acids is 1. The summed E-state index contributed by atoms with van der Waals surface area (Å²) in [6.07, 6.45) is 15.5. The summed E-state index contributed by atoms with van der Waals surface area (Å²) in [5.74, 6) is -0.902. The van der Waals surface area contributed by atoms with Crippen molar-refractivity contribution in [2.45, 2.75) is 71.1 Å². The molecule has 2 rings (SSSR count). The molecule has 1 aromatic rings. The van der Waals surface area contributed by atoms with Gasteiger partial charge in [-0.2, -0.15) is 0 Å². The second kappa shape index (κ2) is 11.4. The van der Waals surface area contributed by atoms with Crippen LogP contribution in [0.2, 0.25) is 0 Å². The zero-order valence-electron chi connectivity index (χ0n) is 16.2. The molecule has 0 amide bonds. The van der Waals surface area contributed by atoms with Gasteiger partial charge in [-0.1, -0.05) is 62.3 Å². The van der Waals surface area contributed by atoms with Gasteiger partial charge in [0, 0.05) is 6.42 Å². The van der Waals surface area contributed by atoms with Gasteiger partial charge in [-0.15, -0.1) is 0 Å². The van der Waals surface area contributed by atoms with Crippen LogP contribution in [0, 0.1) is 0 Å². The molecule has 1 aromatic carbocycles. The number of rotatable bonds is 12. The lowest BCUT2D eigenvalue weighted by Gasteiger charge is -2.05. The topological polar surface area (TPSA) is 63.6 Å². The number of unbranched alkanes of at least 4 members (excludes halogenated alkanes) is 5. The van der Waals surface area contributed by atoms with Gasteiger partial charge in [-0.3, -0.25) is 4.79 Å². The first-order valence-corrected chi connectivity index (χ1v) is 10.0. The summed E-state index contributed by atoms with van der Waals surface area (Å²) in [7, 11) is 0. The highest BCUT2D eigenvalue weighted by atomic mass is 16.5. The van der Waals surface area contributed by atoms with Crippen molar-refractivity contribution in [2.24, 2.45) is 0 Å². The lowest BCUT2D eigenvalue weighted by molar-refractivity contribution is -0.134. The number of carbonyl (C=O) groups is 2. The van der Waals surface area contributed by atoms with Gasteiger partial charge in [0.15, 0.2) is 0 Å². The Bertz CT molecular complexity index is 683. The maximum atomic E-state index is 12.0. The van der Waals surface area contributed by atoms with E-state index in [2.05, 4.69) is 19.1 Å². The molecule has 0 spiro atoms. The summed E-state index contributed by atoms with van der Waals surface area (Å²) < 4.78 is 5.27.